The quantitative estimate of drug-likeness (QED) is 0.562. The first kappa shape index (κ1) is 7.22. The zero-order valence-corrected chi connectivity index (χ0v) is 6.41. The summed E-state index contributed by atoms with van der Waals surface area (Å²) >= 11 is 0. The van der Waals surface area contributed by atoms with Crippen molar-refractivity contribution in [1.82, 2.24) is 0 Å². The molecule has 0 bridgehead atoms. The van der Waals surface area contributed by atoms with Gasteiger partial charge in [0.05, 0.1) is 0 Å². The summed E-state index contributed by atoms with van der Waals surface area (Å²) in [6, 6.07) is 4.20. The standard InChI is InChI=1S/C8H13N2/c1-7(9)8-3-5-10(2)6-4-8/h3-7H,9H2,1-2H3/q+1. The highest BCUT2D eigenvalue weighted by Crippen LogP contribution is 2.04. The number of rotatable bonds is 1. The molecule has 1 unspecified atom stereocenters. The van der Waals surface area contributed by atoms with Gasteiger partial charge in [-0.1, -0.05) is 0 Å². The van der Waals surface area contributed by atoms with Crippen LogP contribution in [0.5, 0.6) is 0 Å². The number of pyridine rings is 1. The van der Waals surface area contributed by atoms with Crippen molar-refractivity contribution >= 4 is 0 Å². The fraction of sp³-hybridized carbons (Fsp3) is 0.375. The van der Waals surface area contributed by atoms with E-state index in [2.05, 4.69) is 0 Å². The Morgan fingerprint density at radius 2 is 1.90 bits per heavy atom. The summed E-state index contributed by atoms with van der Waals surface area (Å²) in [5.74, 6) is 0. The Labute approximate surface area is 61.3 Å². The predicted molar refractivity (Wildman–Crippen MR) is 40.2 cm³/mol. The monoisotopic (exact) mass is 137 g/mol. The fourth-order valence-corrected chi connectivity index (χ4v) is 0.816. The molecule has 54 valence electrons. The van der Waals surface area contributed by atoms with Crippen LogP contribution in [0.25, 0.3) is 0 Å². The van der Waals surface area contributed by atoms with E-state index in [9.17, 15) is 0 Å². The summed E-state index contributed by atoms with van der Waals surface area (Å²) in [5, 5.41) is 0. The first-order valence-electron chi connectivity index (χ1n) is 3.41. The lowest BCUT2D eigenvalue weighted by Crippen LogP contribution is -2.26. The van der Waals surface area contributed by atoms with Crippen LogP contribution < -0.4 is 10.3 Å². The second kappa shape index (κ2) is 2.80. The van der Waals surface area contributed by atoms with Gasteiger partial charge in [-0.2, -0.15) is 0 Å². The summed E-state index contributed by atoms with van der Waals surface area (Å²) in [6.45, 7) is 1.98. The molecule has 0 aliphatic heterocycles. The van der Waals surface area contributed by atoms with Crippen LogP contribution in [-0.2, 0) is 7.05 Å². The van der Waals surface area contributed by atoms with Gasteiger partial charge in [-0.05, 0) is 12.5 Å². The largest absolute Gasteiger partial charge is 0.324 e. The number of aryl methyl sites for hydroxylation is 1. The number of hydrogen-bond acceptors (Lipinski definition) is 1. The maximum atomic E-state index is 5.65. The van der Waals surface area contributed by atoms with Crippen LogP contribution >= 0.6 is 0 Å². The first-order chi connectivity index (χ1) is 4.70. The minimum absolute atomic E-state index is 0.140. The van der Waals surface area contributed by atoms with Crippen molar-refractivity contribution in [3.63, 3.8) is 0 Å². The highest BCUT2D eigenvalue weighted by molar-refractivity contribution is 5.10. The highest BCUT2D eigenvalue weighted by Gasteiger charge is 1.98. The van der Waals surface area contributed by atoms with Gasteiger partial charge in [-0.25, -0.2) is 4.57 Å². The number of nitrogens with two attached hydrogens (primary N) is 1. The predicted octanol–water partition coefficient (Wildman–Crippen LogP) is 0.531. The van der Waals surface area contributed by atoms with Crippen molar-refractivity contribution in [2.24, 2.45) is 12.8 Å². The zero-order chi connectivity index (χ0) is 7.56. The number of aromatic nitrogens is 1. The molecule has 0 saturated heterocycles. The molecule has 0 saturated carbocycles. The van der Waals surface area contributed by atoms with E-state index in [-0.39, 0.29) is 6.04 Å². The van der Waals surface area contributed by atoms with Crippen LogP contribution in [0.1, 0.15) is 18.5 Å². The number of nitrogens with zero attached hydrogens (tertiary/aromatic N) is 1. The minimum Gasteiger partial charge on any atom is -0.324 e. The second-order valence-electron chi connectivity index (χ2n) is 2.59. The van der Waals surface area contributed by atoms with E-state index in [1.807, 2.05) is 43.1 Å². The van der Waals surface area contributed by atoms with Crippen LogP contribution in [-0.4, -0.2) is 0 Å². The van der Waals surface area contributed by atoms with Crippen LogP contribution in [0, 0.1) is 0 Å². The Morgan fingerprint density at radius 1 is 1.40 bits per heavy atom. The van der Waals surface area contributed by atoms with Gasteiger partial charge in [-0.3, -0.25) is 0 Å². The molecule has 1 atom stereocenters. The molecule has 2 nitrogen and oxygen atoms in total. The van der Waals surface area contributed by atoms with E-state index >= 15 is 0 Å². The van der Waals surface area contributed by atoms with Gasteiger partial charge in [0.2, 0.25) is 0 Å². The molecule has 10 heavy (non-hydrogen) atoms. The van der Waals surface area contributed by atoms with E-state index in [1.54, 1.807) is 0 Å². The highest BCUT2D eigenvalue weighted by atomic mass is 14.9. The maximum absolute atomic E-state index is 5.65. The van der Waals surface area contributed by atoms with Gasteiger partial charge >= 0.3 is 0 Å². The summed E-state index contributed by atoms with van der Waals surface area (Å²) < 4.78 is 1.99. The van der Waals surface area contributed by atoms with E-state index < -0.39 is 0 Å². The van der Waals surface area contributed by atoms with Crippen molar-refractivity contribution in [2.75, 3.05) is 0 Å². The van der Waals surface area contributed by atoms with E-state index in [4.69, 9.17) is 5.73 Å². The molecule has 0 aliphatic rings. The van der Waals surface area contributed by atoms with Crippen LogP contribution in [0.15, 0.2) is 24.5 Å². The third-order valence-electron chi connectivity index (χ3n) is 1.53. The third-order valence-corrected chi connectivity index (χ3v) is 1.53. The Balaban J connectivity index is 2.89. The van der Waals surface area contributed by atoms with Gasteiger partial charge in [0.15, 0.2) is 12.4 Å². The molecule has 0 radical (unpaired) electrons. The van der Waals surface area contributed by atoms with Crippen molar-refractivity contribution in [3.05, 3.63) is 30.1 Å². The molecule has 1 heterocycles. The molecule has 1 rings (SSSR count). The van der Waals surface area contributed by atoms with Crippen molar-refractivity contribution < 1.29 is 4.57 Å². The van der Waals surface area contributed by atoms with Gasteiger partial charge < -0.3 is 5.73 Å². The summed E-state index contributed by atoms with van der Waals surface area (Å²) in [7, 11) is 1.99. The van der Waals surface area contributed by atoms with E-state index in [0.29, 0.717) is 0 Å². The van der Waals surface area contributed by atoms with Gasteiger partial charge in [0.25, 0.3) is 0 Å². The van der Waals surface area contributed by atoms with Gasteiger partial charge in [-0.15, -0.1) is 0 Å². The molecular weight excluding hydrogens is 124 g/mol. The normalized spacial score (nSPS) is 13.1. The van der Waals surface area contributed by atoms with E-state index in [0.717, 1.165) is 0 Å². The maximum Gasteiger partial charge on any atom is 0.168 e. The van der Waals surface area contributed by atoms with Crippen molar-refractivity contribution in [3.8, 4) is 0 Å². The van der Waals surface area contributed by atoms with Gasteiger partial charge in [0.1, 0.15) is 7.05 Å². The molecule has 2 N–H and O–H groups in total. The Morgan fingerprint density at radius 3 is 2.30 bits per heavy atom. The lowest BCUT2D eigenvalue weighted by atomic mass is 10.1. The lowest BCUT2D eigenvalue weighted by Gasteiger charge is -2.01. The molecule has 0 fully saturated rings. The van der Waals surface area contributed by atoms with Crippen LogP contribution in [0.4, 0.5) is 0 Å². The molecule has 1 aromatic heterocycles. The van der Waals surface area contributed by atoms with Crippen LogP contribution in [0.2, 0.25) is 0 Å². The summed E-state index contributed by atoms with van der Waals surface area (Å²) in [5.41, 5.74) is 6.83. The average molecular weight is 137 g/mol. The zero-order valence-electron chi connectivity index (χ0n) is 6.41. The average Bonchev–Trinajstić information content (AvgIpc) is 1.88. The van der Waals surface area contributed by atoms with Crippen LogP contribution in [0.3, 0.4) is 0 Å². The topological polar surface area (TPSA) is 29.9 Å². The Kier molecular flexibility index (Phi) is 2.02. The molecule has 0 amide bonds. The molecule has 2 heteroatoms. The SMILES string of the molecule is CC(N)c1cc[n+](C)cc1. The Bertz CT molecular complexity index is 201. The van der Waals surface area contributed by atoms with E-state index in [1.165, 1.54) is 5.56 Å². The molecule has 1 aromatic rings. The molecule has 0 aromatic carbocycles. The fourth-order valence-electron chi connectivity index (χ4n) is 0.816. The molecule has 0 aliphatic carbocycles. The summed E-state index contributed by atoms with van der Waals surface area (Å²) in [6.07, 6.45) is 4.00. The van der Waals surface area contributed by atoms with Gasteiger partial charge in [0, 0.05) is 18.2 Å². The molecule has 0 spiro atoms. The summed E-state index contributed by atoms with van der Waals surface area (Å²) in [4.78, 5) is 0. The van der Waals surface area contributed by atoms with Crippen molar-refractivity contribution in [2.45, 2.75) is 13.0 Å². The first-order valence-corrected chi connectivity index (χ1v) is 3.41. The smallest absolute Gasteiger partial charge is 0.168 e. The lowest BCUT2D eigenvalue weighted by molar-refractivity contribution is -0.671. The Hall–Kier alpha value is -0.890. The van der Waals surface area contributed by atoms with Crippen molar-refractivity contribution in [1.29, 1.82) is 0 Å². The minimum atomic E-state index is 0.140. The number of hydrogen-bond donors (Lipinski definition) is 1. The second-order valence-corrected chi connectivity index (χ2v) is 2.59. The molecular formula is C8H13N2+. The third kappa shape index (κ3) is 1.54.